The van der Waals surface area contributed by atoms with Gasteiger partial charge in [-0.1, -0.05) is 84.9 Å². The van der Waals surface area contributed by atoms with Crippen LogP contribution < -0.4 is 0 Å². The molecule has 0 aliphatic heterocycles. The fourth-order valence-electron chi connectivity index (χ4n) is 7.10. The molecule has 0 unspecified atom stereocenters. The van der Waals surface area contributed by atoms with E-state index in [1.807, 2.05) is 30.3 Å². The molecule has 0 atom stereocenters. The van der Waals surface area contributed by atoms with E-state index in [9.17, 15) is 0 Å². The molecule has 7 aromatic carbocycles. The second kappa shape index (κ2) is 9.15. The van der Waals surface area contributed by atoms with Gasteiger partial charge in [0, 0.05) is 32.9 Å². The van der Waals surface area contributed by atoms with Crippen molar-refractivity contribution in [2.24, 2.45) is 0 Å². The van der Waals surface area contributed by atoms with Crippen molar-refractivity contribution >= 4 is 65.4 Å². The summed E-state index contributed by atoms with van der Waals surface area (Å²) in [5.74, 6) is 0. The smallest absolute Gasteiger partial charge is 0.115 e. The number of benzene rings is 7. The number of fused-ring (bicyclic) bond motifs is 9. The van der Waals surface area contributed by atoms with Crippen LogP contribution in [0.1, 0.15) is 0 Å². The monoisotopic (exact) mass is 575 g/mol. The van der Waals surface area contributed by atoms with Gasteiger partial charge in [-0.05, 0) is 77.5 Å². The lowest BCUT2D eigenvalue weighted by Gasteiger charge is -2.10. The molecule has 5 heteroatoms. The van der Waals surface area contributed by atoms with Crippen LogP contribution in [0.4, 0.5) is 0 Å². The zero-order chi connectivity index (χ0) is 29.5. The molecule has 0 aliphatic rings. The Balaban J connectivity index is 1.31. The molecule has 0 spiro atoms. The molecule has 10 rings (SSSR count). The van der Waals surface area contributed by atoms with Crippen LogP contribution in [0, 0.1) is 0 Å². The second-order valence-electron chi connectivity index (χ2n) is 11.6. The maximum atomic E-state index is 4.86. The van der Waals surface area contributed by atoms with E-state index in [0.717, 1.165) is 39.1 Å². The molecule has 0 saturated heterocycles. The lowest BCUT2D eigenvalue weighted by atomic mass is 10.0. The van der Waals surface area contributed by atoms with Crippen LogP contribution in [0.15, 0.2) is 152 Å². The van der Waals surface area contributed by atoms with E-state index in [1.54, 1.807) is 4.80 Å². The zero-order valence-electron chi connectivity index (χ0n) is 24.2. The van der Waals surface area contributed by atoms with Gasteiger partial charge in [0.25, 0.3) is 0 Å². The number of hydrogen-bond donors (Lipinski definition) is 0. The van der Waals surface area contributed by atoms with Crippen molar-refractivity contribution in [1.82, 2.24) is 24.1 Å². The number of aromatic nitrogens is 5. The Morgan fingerprint density at radius 3 is 1.87 bits per heavy atom. The zero-order valence-corrected chi connectivity index (χ0v) is 24.2. The van der Waals surface area contributed by atoms with E-state index in [-0.39, 0.29) is 0 Å². The number of para-hydroxylation sites is 3. The molecular weight excluding hydrogens is 550 g/mol. The van der Waals surface area contributed by atoms with E-state index >= 15 is 0 Å². The second-order valence-corrected chi connectivity index (χ2v) is 11.6. The van der Waals surface area contributed by atoms with Crippen LogP contribution in [-0.2, 0) is 0 Å². The topological polar surface area (TPSA) is 40.6 Å². The van der Waals surface area contributed by atoms with Crippen LogP contribution in [-0.4, -0.2) is 24.1 Å². The van der Waals surface area contributed by atoms with E-state index in [1.165, 1.54) is 43.4 Å². The third-order valence-corrected chi connectivity index (χ3v) is 9.07. The van der Waals surface area contributed by atoms with Crippen molar-refractivity contribution < 1.29 is 0 Å². The van der Waals surface area contributed by atoms with Gasteiger partial charge in [0.05, 0.1) is 27.8 Å². The van der Waals surface area contributed by atoms with Gasteiger partial charge in [-0.25, -0.2) is 0 Å². The first-order valence-electron chi connectivity index (χ1n) is 15.2. The molecule has 0 N–H and O–H groups in total. The summed E-state index contributed by atoms with van der Waals surface area (Å²) in [6, 6.07) is 53.8. The highest BCUT2D eigenvalue weighted by atomic mass is 15.5. The molecule has 3 heterocycles. The van der Waals surface area contributed by atoms with Crippen LogP contribution in [0.5, 0.6) is 0 Å². The van der Waals surface area contributed by atoms with Gasteiger partial charge < -0.3 is 9.13 Å². The first-order valence-corrected chi connectivity index (χ1v) is 15.2. The van der Waals surface area contributed by atoms with Crippen LogP contribution in [0.2, 0.25) is 0 Å². The van der Waals surface area contributed by atoms with Crippen LogP contribution >= 0.6 is 0 Å². The molecule has 0 amide bonds. The Kier molecular flexibility index (Phi) is 4.93. The van der Waals surface area contributed by atoms with E-state index in [0.29, 0.717) is 0 Å². The summed E-state index contributed by atoms with van der Waals surface area (Å²) in [7, 11) is 0. The molecular formula is C40H25N5. The Bertz CT molecular complexity index is 2750. The third-order valence-electron chi connectivity index (χ3n) is 9.07. The summed E-state index contributed by atoms with van der Waals surface area (Å²) in [6.45, 7) is 0. The SMILES string of the molecule is c1ccc(-n2nc3ccc(-n4c5ccccc5c5cc6c7c8ccccc8ccc7n(-c7ccccc7)c6cc54)cc3n2)cc1. The lowest BCUT2D eigenvalue weighted by Crippen LogP contribution is -1.97. The van der Waals surface area contributed by atoms with Gasteiger partial charge in [-0.15, -0.1) is 10.2 Å². The van der Waals surface area contributed by atoms with Crippen molar-refractivity contribution in [2.75, 3.05) is 0 Å². The Morgan fingerprint density at radius 1 is 0.356 bits per heavy atom. The summed E-state index contributed by atoms with van der Waals surface area (Å²) >= 11 is 0. The normalized spacial score (nSPS) is 12.0. The largest absolute Gasteiger partial charge is 0.309 e. The van der Waals surface area contributed by atoms with Crippen molar-refractivity contribution in [3.8, 4) is 17.1 Å². The Hall–Kier alpha value is -6.20. The molecule has 210 valence electrons. The quantitative estimate of drug-likeness (QED) is 0.210. The molecule has 10 aromatic rings. The van der Waals surface area contributed by atoms with Gasteiger partial charge in [0.1, 0.15) is 11.0 Å². The fourth-order valence-corrected chi connectivity index (χ4v) is 7.10. The molecule has 5 nitrogen and oxygen atoms in total. The Labute approximate surface area is 257 Å². The maximum absolute atomic E-state index is 4.86. The van der Waals surface area contributed by atoms with E-state index < -0.39 is 0 Å². The minimum absolute atomic E-state index is 0.855. The predicted molar refractivity (Wildman–Crippen MR) is 185 cm³/mol. The van der Waals surface area contributed by atoms with Gasteiger partial charge in [0.2, 0.25) is 0 Å². The summed E-state index contributed by atoms with van der Waals surface area (Å²) in [5.41, 5.74) is 9.57. The van der Waals surface area contributed by atoms with E-state index in [2.05, 4.69) is 130 Å². The summed E-state index contributed by atoms with van der Waals surface area (Å²) in [5, 5.41) is 17.1. The van der Waals surface area contributed by atoms with Gasteiger partial charge in [-0.3, -0.25) is 0 Å². The summed E-state index contributed by atoms with van der Waals surface area (Å²) in [4.78, 5) is 1.71. The average Bonchev–Trinajstić information content (AvgIpc) is 3.77. The van der Waals surface area contributed by atoms with Crippen LogP contribution in [0.3, 0.4) is 0 Å². The predicted octanol–water partition coefficient (Wildman–Crippen LogP) is 9.77. The van der Waals surface area contributed by atoms with Crippen molar-refractivity contribution in [3.63, 3.8) is 0 Å². The van der Waals surface area contributed by atoms with Crippen molar-refractivity contribution in [2.45, 2.75) is 0 Å². The van der Waals surface area contributed by atoms with E-state index in [4.69, 9.17) is 10.2 Å². The highest BCUT2D eigenvalue weighted by Crippen LogP contribution is 2.41. The first kappa shape index (κ1) is 24.3. The average molecular weight is 576 g/mol. The summed E-state index contributed by atoms with van der Waals surface area (Å²) in [6.07, 6.45) is 0. The molecule has 0 saturated carbocycles. The van der Waals surface area contributed by atoms with Crippen LogP contribution in [0.25, 0.3) is 82.5 Å². The molecule has 3 aromatic heterocycles. The van der Waals surface area contributed by atoms with Crippen molar-refractivity contribution in [1.29, 1.82) is 0 Å². The molecule has 0 radical (unpaired) electrons. The molecule has 45 heavy (non-hydrogen) atoms. The standard InChI is InChI=1S/C40H25N5/c1-3-12-27(13-4-1)43-37-22-19-26-11-7-8-16-30(26)40(37)33-24-32-31-17-9-10-18-36(31)44(38(32)25-39(33)43)29-20-21-34-35(23-29)42-45(41-34)28-14-5-2-6-15-28/h1-25H. The molecule has 0 aliphatic carbocycles. The van der Waals surface area contributed by atoms with Crippen molar-refractivity contribution in [3.05, 3.63) is 152 Å². The fraction of sp³-hybridized carbons (Fsp3) is 0. The first-order chi connectivity index (χ1) is 22.3. The highest BCUT2D eigenvalue weighted by molar-refractivity contribution is 6.25. The minimum Gasteiger partial charge on any atom is -0.309 e. The molecule has 0 fully saturated rings. The lowest BCUT2D eigenvalue weighted by molar-refractivity contribution is 0.766. The number of hydrogen-bond acceptors (Lipinski definition) is 2. The Morgan fingerprint density at radius 2 is 1.02 bits per heavy atom. The van der Waals surface area contributed by atoms with Gasteiger partial charge in [-0.2, -0.15) is 4.80 Å². The number of rotatable bonds is 3. The maximum Gasteiger partial charge on any atom is 0.115 e. The molecule has 0 bridgehead atoms. The summed E-state index contributed by atoms with van der Waals surface area (Å²) < 4.78 is 4.78. The third kappa shape index (κ3) is 3.49. The van der Waals surface area contributed by atoms with Gasteiger partial charge >= 0.3 is 0 Å². The minimum atomic E-state index is 0.855. The highest BCUT2D eigenvalue weighted by Gasteiger charge is 2.20. The number of nitrogens with zero attached hydrogens (tertiary/aromatic N) is 5. The van der Waals surface area contributed by atoms with Gasteiger partial charge in [0.15, 0.2) is 0 Å².